The predicted molar refractivity (Wildman–Crippen MR) is 125 cm³/mol. The maximum Gasteiger partial charge on any atom is 0.425 e. The molecule has 184 valence electrons. The van der Waals surface area contributed by atoms with Crippen molar-refractivity contribution in [2.45, 2.75) is 12.4 Å². The number of benzene rings is 1. The lowest BCUT2D eigenvalue weighted by Crippen LogP contribution is -2.23. The van der Waals surface area contributed by atoms with E-state index in [1.54, 1.807) is 24.3 Å². The SMILES string of the molecule is N#CC1=NN=C(C#N)C1=c1c2cc(C(F)(F)F)sc2c(=C2C(C#N)=NN=C2C#N)c2cc(C(F)(F)F)sc12. The fourth-order valence-electron chi connectivity index (χ4n) is 3.96. The Kier molecular flexibility index (Phi) is 5.42. The van der Waals surface area contributed by atoms with Crippen molar-refractivity contribution in [3.8, 4) is 24.3 Å². The van der Waals surface area contributed by atoms with E-state index in [0.29, 0.717) is 12.1 Å². The van der Waals surface area contributed by atoms with E-state index >= 15 is 0 Å². The summed E-state index contributed by atoms with van der Waals surface area (Å²) in [4.78, 5) is -2.31. The van der Waals surface area contributed by atoms with Crippen LogP contribution in [0, 0.1) is 45.3 Å². The molecule has 0 atom stereocenters. The van der Waals surface area contributed by atoms with Crippen molar-refractivity contribution in [3.05, 3.63) is 32.3 Å². The summed E-state index contributed by atoms with van der Waals surface area (Å²) in [5.41, 5.74) is -2.59. The van der Waals surface area contributed by atoms with Gasteiger partial charge in [0.2, 0.25) is 0 Å². The number of alkyl halides is 6. The van der Waals surface area contributed by atoms with Crippen molar-refractivity contribution in [2.75, 3.05) is 0 Å². The summed E-state index contributed by atoms with van der Waals surface area (Å²) < 4.78 is 82.6. The van der Waals surface area contributed by atoms with Gasteiger partial charge in [-0.3, -0.25) is 0 Å². The maximum absolute atomic E-state index is 13.9. The Balaban J connectivity index is 2.22. The number of hydrogen-bond acceptors (Lipinski definition) is 10. The van der Waals surface area contributed by atoms with Crippen molar-refractivity contribution >= 4 is 76.8 Å². The lowest BCUT2D eigenvalue weighted by molar-refractivity contribution is -0.135. The quantitative estimate of drug-likeness (QED) is 0.383. The number of nitriles is 4. The lowest BCUT2D eigenvalue weighted by Gasteiger charge is -2.05. The summed E-state index contributed by atoms with van der Waals surface area (Å²) in [5, 5.41) is 51.3. The topological polar surface area (TPSA) is 145 Å². The van der Waals surface area contributed by atoms with Crippen molar-refractivity contribution in [2.24, 2.45) is 20.4 Å². The highest BCUT2D eigenvalue weighted by molar-refractivity contribution is 7.21. The van der Waals surface area contributed by atoms with E-state index in [-0.39, 0.29) is 64.4 Å². The zero-order valence-electron chi connectivity index (χ0n) is 17.8. The number of rotatable bonds is 0. The Labute approximate surface area is 213 Å². The molecule has 8 nitrogen and oxygen atoms in total. The number of hydrogen-bond donors (Lipinski definition) is 0. The highest BCUT2D eigenvalue weighted by atomic mass is 32.1. The molecule has 0 N–H and O–H groups in total. The largest absolute Gasteiger partial charge is 0.425 e. The van der Waals surface area contributed by atoms with Crippen LogP contribution < -0.4 is 10.4 Å². The molecule has 0 radical (unpaired) electrons. The molecule has 1 aromatic carbocycles. The van der Waals surface area contributed by atoms with Gasteiger partial charge in [-0.15, -0.1) is 43.1 Å². The molecule has 0 unspecified atom stereocenters. The first-order valence-corrected chi connectivity index (χ1v) is 11.4. The van der Waals surface area contributed by atoms with E-state index in [1.807, 2.05) is 0 Å². The van der Waals surface area contributed by atoms with Crippen molar-refractivity contribution in [3.63, 3.8) is 0 Å². The highest BCUT2D eigenvalue weighted by Crippen LogP contribution is 2.41. The molecule has 3 aromatic rings. The van der Waals surface area contributed by atoms with E-state index in [0.717, 1.165) is 0 Å². The molecule has 2 aliphatic rings. The molecule has 38 heavy (non-hydrogen) atoms. The van der Waals surface area contributed by atoms with Crippen LogP contribution in [0.5, 0.6) is 0 Å². The van der Waals surface area contributed by atoms with Crippen LogP contribution in [0.4, 0.5) is 26.3 Å². The second-order valence-electron chi connectivity index (χ2n) is 7.44. The van der Waals surface area contributed by atoms with Crippen molar-refractivity contribution in [1.82, 2.24) is 0 Å². The van der Waals surface area contributed by atoms with Gasteiger partial charge in [0.1, 0.15) is 34.0 Å². The number of nitrogens with zero attached hydrogens (tertiary/aromatic N) is 8. The highest BCUT2D eigenvalue weighted by Gasteiger charge is 2.37. The van der Waals surface area contributed by atoms with Crippen LogP contribution in [0.2, 0.25) is 0 Å². The number of fused-ring (bicyclic) bond motifs is 2. The minimum absolute atomic E-state index is 0.155. The Hall–Kier alpha value is -4.90. The van der Waals surface area contributed by atoms with E-state index in [2.05, 4.69) is 20.4 Å². The van der Waals surface area contributed by atoms with Gasteiger partial charge in [0, 0.05) is 30.6 Å². The van der Waals surface area contributed by atoms with Crippen LogP contribution in [0.25, 0.3) is 31.3 Å². The first-order valence-electron chi connectivity index (χ1n) is 9.79. The molecule has 0 amide bonds. The normalized spacial score (nSPS) is 15.5. The van der Waals surface area contributed by atoms with Gasteiger partial charge >= 0.3 is 12.4 Å². The number of halogens is 6. The fraction of sp³-hybridized carbons (Fsp3) is 0.0909. The van der Waals surface area contributed by atoms with Crippen LogP contribution in [0.15, 0.2) is 32.5 Å². The molecule has 5 rings (SSSR count). The Morgan fingerprint density at radius 2 is 0.842 bits per heavy atom. The zero-order valence-corrected chi connectivity index (χ0v) is 19.4. The minimum Gasteiger partial charge on any atom is -0.191 e. The summed E-state index contributed by atoms with van der Waals surface area (Å²) in [6.07, 6.45) is -9.78. The smallest absolute Gasteiger partial charge is 0.191 e. The van der Waals surface area contributed by atoms with Crippen LogP contribution in [0.1, 0.15) is 9.75 Å². The first-order chi connectivity index (χ1) is 17.9. The van der Waals surface area contributed by atoms with Gasteiger partial charge in [-0.05, 0) is 12.1 Å². The predicted octanol–water partition coefficient (Wildman–Crippen LogP) is 4.17. The fourth-order valence-corrected chi connectivity index (χ4v) is 6.15. The second-order valence-corrected chi connectivity index (χ2v) is 9.55. The van der Waals surface area contributed by atoms with Crippen LogP contribution >= 0.6 is 22.7 Å². The Morgan fingerprint density at radius 3 is 1.08 bits per heavy atom. The Bertz CT molecular complexity index is 1770. The van der Waals surface area contributed by atoms with Crippen LogP contribution in [-0.2, 0) is 12.4 Å². The lowest BCUT2D eigenvalue weighted by atomic mass is 9.96. The molecule has 0 bridgehead atoms. The van der Waals surface area contributed by atoms with E-state index < -0.39 is 45.0 Å². The minimum atomic E-state index is -4.89. The second kappa shape index (κ2) is 8.32. The summed E-state index contributed by atoms with van der Waals surface area (Å²) >= 11 is 0.310. The van der Waals surface area contributed by atoms with Gasteiger partial charge in [0.15, 0.2) is 22.8 Å². The summed E-state index contributed by atoms with van der Waals surface area (Å²) in [6.45, 7) is 0. The van der Waals surface area contributed by atoms with E-state index in [1.165, 1.54) is 0 Å². The van der Waals surface area contributed by atoms with E-state index in [4.69, 9.17) is 0 Å². The van der Waals surface area contributed by atoms with Gasteiger partial charge < -0.3 is 0 Å². The molecule has 4 heterocycles. The standard InChI is InChI=1S/C22H2F6N8S2/c23-21(24,25)13-1-7-15(17-9(3-29)33-34-10(17)4-30)20-8(2-14(38-20)22(26,27)28)16(19(7)37-13)18-11(5-31)35-36-12(18)6-32/h1-2H. The molecule has 0 saturated heterocycles. The average Bonchev–Trinajstić information content (AvgIpc) is 3.64. The van der Waals surface area contributed by atoms with Gasteiger partial charge in [-0.1, -0.05) is 0 Å². The summed E-state index contributed by atoms with van der Waals surface area (Å²) in [7, 11) is 0. The molecular formula is C22H2F6N8S2. The molecule has 2 aliphatic heterocycles. The monoisotopic (exact) mass is 556 g/mol. The van der Waals surface area contributed by atoms with E-state index in [9.17, 15) is 47.4 Å². The zero-order chi connectivity index (χ0) is 27.6. The van der Waals surface area contributed by atoms with Crippen LogP contribution in [0.3, 0.4) is 0 Å². The third-order valence-corrected chi connectivity index (χ3v) is 7.78. The summed E-state index contributed by atoms with van der Waals surface area (Å²) in [6, 6.07) is 7.99. The molecule has 0 aliphatic carbocycles. The van der Waals surface area contributed by atoms with Gasteiger partial charge in [0.25, 0.3) is 0 Å². The third kappa shape index (κ3) is 3.55. The van der Waals surface area contributed by atoms with Gasteiger partial charge in [-0.2, -0.15) is 47.4 Å². The summed E-state index contributed by atoms with van der Waals surface area (Å²) in [5.74, 6) is 0. The van der Waals surface area contributed by atoms with Gasteiger partial charge in [0.05, 0.1) is 11.1 Å². The van der Waals surface area contributed by atoms with Crippen LogP contribution in [-0.4, -0.2) is 22.8 Å². The molecule has 0 saturated carbocycles. The average molecular weight is 556 g/mol. The molecule has 2 aromatic heterocycles. The van der Waals surface area contributed by atoms with Gasteiger partial charge in [-0.25, -0.2) is 0 Å². The van der Waals surface area contributed by atoms with Crippen molar-refractivity contribution < 1.29 is 26.3 Å². The first kappa shape index (κ1) is 24.8. The molecule has 0 spiro atoms. The third-order valence-electron chi connectivity index (χ3n) is 5.39. The maximum atomic E-state index is 13.9. The Morgan fingerprint density at radius 1 is 0.553 bits per heavy atom. The number of thiophene rings is 2. The molecular weight excluding hydrogens is 554 g/mol. The molecule has 0 fully saturated rings. The molecule has 16 heteroatoms. The van der Waals surface area contributed by atoms with Crippen molar-refractivity contribution in [1.29, 1.82) is 21.0 Å².